The summed E-state index contributed by atoms with van der Waals surface area (Å²) in [6, 6.07) is 7.76. The van der Waals surface area contributed by atoms with Crippen LogP contribution in [-0.2, 0) is 6.42 Å². The summed E-state index contributed by atoms with van der Waals surface area (Å²) in [4.78, 5) is 7.65. The minimum atomic E-state index is -0.154. The maximum Gasteiger partial charge on any atom is 0.107 e. The molecule has 1 heterocycles. The van der Waals surface area contributed by atoms with Crippen LogP contribution >= 0.6 is 0 Å². The number of hydrogen-bond acceptors (Lipinski definition) is 3. The molecule has 80 valence electrons. The molecule has 4 heteroatoms. The molecule has 1 aromatic carbocycles. The Morgan fingerprint density at radius 2 is 2.20 bits per heavy atom. The van der Waals surface area contributed by atoms with Crippen molar-refractivity contribution in [3.63, 3.8) is 0 Å². The maximum atomic E-state index is 8.80. The van der Waals surface area contributed by atoms with Crippen LogP contribution in [0.1, 0.15) is 12.2 Å². The molecule has 0 aliphatic rings. The van der Waals surface area contributed by atoms with Crippen molar-refractivity contribution in [2.45, 2.75) is 18.9 Å². The highest BCUT2D eigenvalue weighted by Crippen LogP contribution is 2.11. The number of aryl methyl sites for hydroxylation is 1. The third kappa shape index (κ3) is 2.34. The Bertz CT molecular complexity index is 405. The summed E-state index contributed by atoms with van der Waals surface area (Å²) in [5.41, 5.74) is 7.65. The van der Waals surface area contributed by atoms with Crippen LogP contribution in [0.15, 0.2) is 24.3 Å². The average molecular weight is 205 g/mol. The molecule has 0 amide bonds. The number of nitrogens with zero attached hydrogens (tertiary/aromatic N) is 1. The topological polar surface area (TPSA) is 74.9 Å². The van der Waals surface area contributed by atoms with Gasteiger partial charge in [0.1, 0.15) is 5.82 Å². The second kappa shape index (κ2) is 4.42. The second-order valence-electron chi connectivity index (χ2n) is 3.68. The first-order chi connectivity index (χ1) is 7.29. The van der Waals surface area contributed by atoms with Gasteiger partial charge in [-0.1, -0.05) is 12.1 Å². The molecule has 0 fully saturated rings. The third-order valence-corrected chi connectivity index (χ3v) is 2.42. The van der Waals surface area contributed by atoms with Gasteiger partial charge in [-0.3, -0.25) is 0 Å². The number of imidazole rings is 1. The molecule has 0 spiro atoms. The Morgan fingerprint density at radius 3 is 2.93 bits per heavy atom. The summed E-state index contributed by atoms with van der Waals surface area (Å²) in [5.74, 6) is 0.931. The summed E-state index contributed by atoms with van der Waals surface area (Å²) in [7, 11) is 0. The van der Waals surface area contributed by atoms with E-state index in [1.54, 1.807) is 0 Å². The van der Waals surface area contributed by atoms with E-state index in [-0.39, 0.29) is 12.6 Å². The fraction of sp³-hybridized carbons (Fsp3) is 0.364. The van der Waals surface area contributed by atoms with E-state index in [4.69, 9.17) is 10.8 Å². The van der Waals surface area contributed by atoms with E-state index in [2.05, 4.69) is 9.97 Å². The standard InChI is InChI=1S/C11H15N3O/c12-8(7-15)5-6-11-13-9-3-1-2-4-10(9)14-11/h1-4,8,15H,5-7,12H2,(H,13,14)/t8-/m1/s1. The van der Waals surface area contributed by atoms with Gasteiger partial charge in [-0.05, 0) is 18.6 Å². The number of aromatic nitrogens is 2. The van der Waals surface area contributed by atoms with E-state index in [1.807, 2.05) is 24.3 Å². The molecule has 15 heavy (non-hydrogen) atoms. The zero-order chi connectivity index (χ0) is 10.7. The fourth-order valence-electron chi connectivity index (χ4n) is 1.54. The van der Waals surface area contributed by atoms with Crippen molar-refractivity contribution in [2.75, 3.05) is 6.61 Å². The molecule has 2 aromatic rings. The zero-order valence-corrected chi connectivity index (χ0v) is 8.48. The number of aliphatic hydroxyl groups excluding tert-OH is 1. The predicted molar refractivity (Wildman–Crippen MR) is 59.5 cm³/mol. The van der Waals surface area contributed by atoms with Crippen molar-refractivity contribution < 1.29 is 5.11 Å². The summed E-state index contributed by atoms with van der Waals surface area (Å²) >= 11 is 0. The molecular weight excluding hydrogens is 190 g/mol. The van der Waals surface area contributed by atoms with Crippen molar-refractivity contribution in [3.8, 4) is 0 Å². The Kier molecular flexibility index (Phi) is 2.99. The van der Waals surface area contributed by atoms with Crippen LogP contribution in [-0.4, -0.2) is 27.7 Å². The van der Waals surface area contributed by atoms with Crippen molar-refractivity contribution in [3.05, 3.63) is 30.1 Å². The van der Waals surface area contributed by atoms with Crippen molar-refractivity contribution >= 4 is 11.0 Å². The van der Waals surface area contributed by atoms with Crippen LogP contribution in [0.2, 0.25) is 0 Å². The number of nitrogens with two attached hydrogens (primary N) is 1. The lowest BCUT2D eigenvalue weighted by molar-refractivity contribution is 0.260. The van der Waals surface area contributed by atoms with Gasteiger partial charge in [0.05, 0.1) is 17.6 Å². The van der Waals surface area contributed by atoms with E-state index < -0.39 is 0 Å². The van der Waals surface area contributed by atoms with E-state index >= 15 is 0 Å². The molecule has 0 saturated carbocycles. The number of nitrogens with one attached hydrogen (secondary N) is 1. The van der Waals surface area contributed by atoms with Gasteiger partial charge >= 0.3 is 0 Å². The lowest BCUT2D eigenvalue weighted by Gasteiger charge is -2.04. The Balaban J connectivity index is 2.09. The van der Waals surface area contributed by atoms with Crippen LogP contribution in [0.25, 0.3) is 11.0 Å². The number of aromatic amines is 1. The highest BCUT2D eigenvalue weighted by molar-refractivity contribution is 5.74. The van der Waals surface area contributed by atoms with Gasteiger partial charge in [0.2, 0.25) is 0 Å². The predicted octanol–water partition coefficient (Wildman–Crippen LogP) is 0.815. The number of fused-ring (bicyclic) bond motifs is 1. The monoisotopic (exact) mass is 205 g/mol. The third-order valence-electron chi connectivity index (χ3n) is 2.42. The number of para-hydroxylation sites is 2. The molecule has 0 aliphatic carbocycles. The smallest absolute Gasteiger partial charge is 0.107 e. The molecular formula is C11H15N3O. The molecule has 1 atom stereocenters. The first-order valence-corrected chi connectivity index (χ1v) is 5.09. The fourth-order valence-corrected chi connectivity index (χ4v) is 1.54. The van der Waals surface area contributed by atoms with Gasteiger partial charge in [0.25, 0.3) is 0 Å². The van der Waals surface area contributed by atoms with Crippen LogP contribution in [0.5, 0.6) is 0 Å². The normalized spacial score (nSPS) is 13.2. The first kappa shape index (κ1) is 10.1. The van der Waals surface area contributed by atoms with Crippen molar-refractivity contribution in [1.29, 1.82) is 0 Å². The largest absolute Gasteiger partial charge is 0.395 e. The van der Waals surface area contributed by atoms with Gasteiger partial charge in [0.15, 0.2) is 0 Å². The highest BCUT2D eigenvalue weighted by atomic mass is 16.3. The SMILES string of the molecule is N[C@@H](CO)CCc1nc2ccccc2[nH]1. The minimum Gasteiger partial charge on any atom is -0.395 e. The Labute approximate surface area is 88.1 Å². The molecule has 1 aromatic heterocycles. The van der Waals surface area contributed by atoms with Crippen LogP contribution < -0.4 is 5.73 Å². The summed E-state index contributed by atoms with van der Waals surface area (Å²) in [5, 5.41) is 8.80. The number of rotatable bonds is 4. The average Bonchev–Trinajstić information content (AvgIpc) is 2.68. The molecule has 0 radical (unpaired) electrons. The van der Waals surface area contributed by atoms with Crippen molar-refractivity contribution in [2.24, 2.45) is 5.73 Å². The van der Waals surface area contributed by atoms with Crippen molar-refractivity contribution in [1.82, 2.24) is 9.97 Å². The maximum absolute atomic E-state index is 8.80. The van der Waals surface area contributed by atoms with E-state index in [9.17, 15) is 0 Å². The Morgan fingerprint density at radius 1 is 1.40 bits per heavy atom. The van der Waals surface area contributed by atoms with Crippen LogP contribution in [0.4, 0.5) is 0 Å². The molecule has 0 unspecified atom stereocenters. The minimum absolute atomic E-state index is 0.0280. The van der Waals surface area contributed by atoms with Crippen LogP contribution in [0.3, 0.4) is 0 Å². The quantitative estimate of drug-likeness (QED) is 0.691. The first-order valence-electron chi connectivity index (χ1n) is 5.09. The number of benzene rings is 1. The molecule has 4 nitrogen and oxygen atoms in total. The summed E-state index contributed by atoms with van der Waals surface area (Å²) < 4.78 is 0. The second-order valence-corrected chi connectivity index (χ2v) is 3.68. The molecule has 4 N–H and O–H groups in total. The summed E-state index contributed by atoms with van der Waals surface area (Å²) in [6.45, 7) is 0.0280. The van der Waals surface area contributed by atoms with Gasteiger partial charge in [-0.15, -0.1) is 0 Å². The van der Waals surface area contributed by atoms with E-state index in [0.29, 0.717) is 0 Å². The van der Waals surface area contributed by atoms with E-state index in [1.165, 1.54) is 0 Å². The molecule has 0 bridgehead atoms. The van der Waals surface area contributed by atoms with Gasteiger partial charge < -0.3 is 15.8 Å². The lowest BCUT2D eigenvalue weighted by atomic mass is 10.2. The van der Waals surface area contributed by atoms with Crippen LogP contribution in [0, 0.1) is 0 Å². The lowest BCUT2D eigenvalue weighted by Crippen LogP contribution is -2.24. The van der Waals surface area contributed by atoms with Gasteiger partial charge in [0, 0.05) is 12.5 Å². The molecule has 2 rings (SSSR count). The molecule has 0 saturated heterocycles. The van der Waals surface area contributed by atoms with E-state index in [0.717, 1.165) is 29.7 Å². The number of hydrogen-bond donors (Lipinski definition) is 3. The Hall–Kier alpha value is -1.39. The number of H-pyrrole nitrogens is 1. The zero-order valence-electron chi connectivity index (χ0n) is 8.48. The highest BCUT2D eigenvalue weighted by Gasteiger charge is 2.04. The number of aliphatic hydroxyl groups is 1. The van der Waals surface area contributed by atoms with Gasteiger partial charge in [-0.2, -0.15) is 0 Å². The molecule has 0 aliphatic heterocycles. The summed E-state index contributed by atoms with van der Waals surface area (Å²) in [6.07, 6.45) is 1.52. The van der Waals surface area contributed by atoms with Gasteiger partial charge in [-0.25, -0.2) is 4.98 Å².